The van der Waals surface area contributed by atoms with Crippen LogP contribution in [0, 0.1) is 29.1 Å². The molecule has 4 atom stereocenters. The topological polar surface area (TPSA) is 62.5 Å². The molecule has 2 aliphatic carbocycles. The molecular weight excluding hydrogens is 717 g/mol. The Balaban J connectivity index is 1.12. The van der Waals surface area contributed by atoms with Crippen LogP contribution in [0.15, 0.2) is 164 Å². The SMILES string of the molecule is C[C@@H]1C[C@@H]2C[C@H](C)CC(c3ccc(-c4nc(-c5ccc6ccc(-c7ccccc7)cc6c5)nc(-c5ccc(-c6ccc(C#N)cc6)cc5-c5ccccc5)n4)cc3)(C1)C2. The summed E-state index contributed by atoms with van der Waals surface area (Å²) >= 11 is 0. The van der Waals surface area contributed by atoms with Gasteiger partial charge in [-0.25, -0.2) is 15.0 Å². The molecule has 1 heterocycles. The first-order chi connectivity index (χ1) is 28.9. The lowest BCUT2D eigenvalue weighted by atomic mass is 9.54. The third-order valence-corrected chi connectivity index (χ3v) is 12.9. The van der Waals surface area contributed by atoms with Gasteiger partial charge in [-0.2, -0.15) is 5.26 Å². The Morgan fingerprint density at radius 3 is 1.66 bits per heavy atom. The van der Waals surface area contributed by atoms with Crippen LogP contribution in [0.25, 0.3) is 78.3 Å². The normalized spacial score (nSPS) is 19.9. The zero-order valence-electron chi connectivity index (χ0n) is 33.6. The Kier molecular flexibility index (Phi) is 9.46. The fraction of sp³-hybridized carbons (Fsp3) is 0.200. The molecule has 0 amide bonds. The van der Waals surface area contributed by atoms with Crippen molar-refractivity contribution in [2.75, 3.05) is 0 Å². The highest BCUT2D eigenvalue weighted by Crippen LogP contribution is 2.54. The molecule has 7 aromatic carbocycles. The summed E-state index contributed by atoms with van der Waals surface area (Å²) in [5.41, 5.74) is 11.8. The molecule has 286 valence electrons. The second-order valence-electron chi connectivity index (χ2n) is 17.3. The summed E-state index contributed by atoms with van der Waals surface area (Å²) in [7, 11) is 0. The van der Waals surface area contributed by atoms with Crippen LogP contribution in [0.5, 0.6) is 0 Å². The third kappa shape index (κ3) is 7.23. The van der Waals surface area contributed by atoms with Gasteiger partial charge in [0, 0.05) is 16.7 Å². The lowest BCUT2D eigenvalue weighted by molar-refractivity contribution is 0.0780. The van der Waals surface area contributed by atoms with Crippen molar-refractivity contribution < 1.29 is 0 Å². The van der Waals surface area contributed by atoms with Crippen LogP contribution in [0.1, 0.15) is 57.1 Å². The standard InChI is InChI=1S/C55H46N4/c1-36-27-39-28-37(2)33-55(32-36,34-39)49-24-21-44(22-25-49)52-57-53(47-20-18-42-17-19-45(29-48(42)30-47)40-9-5-3-6-10-40)59-54(58-52)50-26-23-46(41-15-13-38(35-56)14-16-41)31-51(50)43-11-7-4-8-12-43/h3-26,29-31,36-37,39H,27-28,32-34H2,1-2H3/t36-,37+,39-,55?. The van der Waals surface area contributed by atoms with E-state index in [1.807, 2.05) is 30.3 Å². The third-order valence-electron chi connectivity index (χ3n) is 12.9. The zero-order chi connectivity index (χ0) is 39.9. The molecule has 0 saturated heterocycles. The minimum absolute atomic E-state index is 0.249. The number of nitriles is 1. The van der Waals surface area contributed by atoms with Gasteiger partial charge in [0.2, 0.25) is 0 Å². The van der Waals surface area contributed by atoms with Crippen molar-refractivity contribution in [1.29, 1.82) is 5.26 Å². The average molecular weight is 763 g/mol. The molecule has 59 heavy (non-hydrogen) atoms. The first-order valence-corrected chi connectivity index (χ1v) is 21.1. The second-order valence-corrected chi connectivity index (χ2v) is 17.3. The van der Waals surface area contributed by atoms with E-state index in [4.69, 9.17) is 15.0 Å². The van der Waals surface area contributed by atoms with E-state index < -0.39 is 0 Å². The van der Waals surface area contributed by atoms with Gasteiger partial charge in [-0.05, 0) is 141 Å². The van der Waals surface area contributed by atoms with Crippen LogP contribution < -0.4 is 0 Å². The monoisotopic (exact) mass is 762 g/mol. The maximum atomic E-state index is 9.43. The van der Waals surface area contributed by atoms with Gasteiger partial charge in [0.15, 0.2) is 17.5 Å². The van der Waals surface area contributed by atoms with Gasteiger partial charge in [-0.15, -0.1) is 0 Å². The smallest absolute Gasteiger partial charge is 0.164 e. The van der Waals surface area contributed by atoms with Crippen molar-refractivity contribution in [3.05, 3.63) is 175 Å². The molecule has 4 heteroatoms. The van der Waals surface area contributed by atoms with E-state index in [0.29, 0.717) is 23.0 Å². The number of benzene rings is 7. The lowest BCUT2D eigenvalue weighted by Crippen LogP contribution is -2.42. The highest BCUT2D eigenvalue weighted by atomic mass is 15.0. The number of aromatic nitrogens is 3. The number of hydrogen-bond donors (Lipinski definition) is 0. The van der Waals surface area contributed by atoms with Crippen LogP contribution in [-0.2, 0) is 5.41 Å². The van der Waals surface area contributed by atoms with Crippen LogP contribution >= 0.6 is 0 Å². The van der Waals surface area contributed by atoms with E-state index in [9.17, 15) is 5.26 Å². The molecule has 8 aromatic rings. The Morgan fingerprint density at radius 1 is 0.458 bits per heavy atom. The Labute approximate surface area is 347 Å². The Bertz CT molecular complexity index is 2820. The maximum absolute atomic E-state index is 9.43. The van der Waals surface area contributed by atoms with Gasteiger partial charge >= 0.3 is 0 Å². The molecule has 1 aromatic heterocycles. The summed E-state index contributed by atoms with van der Waals surface area (Å²) in [6.07, 6.45) is 6.56. The predicted octanol–water partition coefficient (Wildman–Crippen LogP) is 14.0. The van der Waals surface area contributed by atoms with E-state index in [-0.39, 0.29) is 5.41 Å². The van der Waals surface area contributed by atoms with Crippen LogP contribution in [0.3, 0.4) is 0 Å². The van der Waals surface area contributed by atoms with Crippen molar-refractivity contribution in [1.82, 2.24) is 15.0 Å². The lowest BCUT2D eigenvalue weighted by Gasteiger charge is -2.50. The molecule has 0 spiro atoms. The van der Waals surface area contributed by atoms with Gasteiger partial charge in [-0.1, -0.05) is 141 Å². The van der Waals surface area contributed by atoms with Gasteiger partial charge in [0.1, 0.15) is 0 Å². The molecule has 0 radical (unpaired) electrons. The second kappa shape index (κ2) is 15.2. The van der Waals surface area contributed by atoms with Crippen LogP contribution in [-0.4, -0.2) is 15.0 Å². The van der Waals surface area contributed by atoms with Crippen molar-refractivity contribution in [2.24, 2.45) is 17.8 Å². The first-order valence-electron chi connectivity index (χ1n) is 21.1. The molecule has 2 aliphatic rings. The summed E-state index contributed by atoms with van der Waals surface area (Å²) in [5, 5.41) is 11.7. The maximum Gasteiger partial charge on any atom is 0.164 e. The minimum atomic E-state index is 0.249. The number of rotatable bonds is 7. The van der Waals surface area contributed by atoms with E-state index in [1.54, 1.807) is 0 Å². The first kappa shape index (κ1) is 36.6. The predicted molar refractivity (Wildman–Crippen MR) is 241 cm³/mol. The zero-order valence-corrected chi connectivity index (χ0v) is 33.6. The van der Waals surface area contributed by atoms with Gasteiger partial charge < -0.3 is 0 Å². The molecule has 0 aliphatic heterocycles. The Morgan fingerprint density at radius 2 is 0.983 bits per heavy atom. The van der Waals surface area contributed by atoms with Crippen molar-refractivity contribution >= 4 is 10.8 Å². The van der Waals surface area contributed by atoms with Gasteiger partial charge in [0.25, 0.3) is 0 Å². The molecule has 0 N–H and O–H groups in total. The summed E-state index contributed by atoms with van der Waals surface area (Å²) in [4.78, 5) is 15.8. The van der Waals surface area contributed by atoms with Crippen molar-refractivity contribution in [3.8, 4) is 73.6 Å². The molecule has 4 nitrogen and oxygen atoms in total. The largest absolute Gasteiger partial charge is 0.208 e. The molecule has 2 fully saturated rings. The highest BCUT2D eigenvalue weighted by Gasteiger charge is 2.45. The number of hydrogen-bond acceptors (Lipinski definition) is 4. The fourth-order valence-corrected chi connectivity index (χ4v) is 10.5. The molecule has 2 bridgehead atoms. The van der Waals surface area contributed by atoms with Crippen LogP contribution in [0.2, 0.25) is 0 Å². The molecular formula is C55H46N4. The summed E-state index contributed by atoms with van der Waals surface area (Å²) < 4.78 is 0. The van der Waals surface area contributed by atoms with E-state index in [1.165, 1.54) is 54.2 Å². The summed E-state index contributed by atoms with van der Waals surface area (Å²) in [6.45, 7) is 4.91. The summed E-state index contributed by atoms with van der Waals surface area (Å²) in [5.74, 6) is 4.25. The molecule has 10 rings (SSSR count). The van der Waals surface area contributed by atoms with Gasteiger partial charge in [0.05, 0.1) is 11.6 Å². The fourth-order valence-electron chi connectivity index (χ4n) is 10.5. The summed E-state index contributed by atoms with van der Waals surface area (Å²) in [6, 6.07) is 59.9. The number of nitrogens with zero attached hydrogens (tertiary/aromatic N) is 4. The van der Waals surface area contributed by atoms with E-state index in [0.717, 1.165) is 62.1 Å². The van der Waals surface area contributed by atoms with Crippen LogP contribution in [0.4, 0.5) is 0 Å². The van der Waals surface area contributed by atoms with Crippen molar-refractivity contribution in [2.45, 2.75) is 51.4 Å². The van der Waals surface area contributed by atoms with Crippen molar-refractivity contribution in [3.63, 3.8) is 0 Å². The Hall–Kier alpha value is -6.70. The highest BCUT2D eigenvalue weighted by molar-refractivity contribution is 5.91. The van der Waals surface area contributed by atoms with Gasteiger partial charge in [-0.3, -0.25) is 0 Å². The average Bonchev–Trinajstić information content (AvgIpc) is 3.28. The van der Waals surface area contributed by atoms with E-state index >= 15 is 0 Å². The van der Waals surface area contributed by atoms with E-state index in [2.05, 4.69) is 153 Å². The molecule has 1 unspecified atom stereocenters. The number of fused-ring (bicyclic) bond motifs is 3. The quantitative estimate of drug-likeness (QED) is 0.162. The minimum Gasteiger partial charge on any atom is -0.208 e. The molecule has 2 saturated carbocycles.